The molecule has 1 aliphatic carbocycles. The first-order valence-corrected chi connectivity index (χ1v) is 4.34. The summed E-state index contributed by atoms with van der Waals surface area (Å²) in [5, 5.41) is 0. The van der Waals surface area contributed by atoms with Gasteiger partial charge >= 0.3 is 0 Å². The molecule has 2 N–H and O–H groups in total. The van der Waals surface area contributed by atoms with E-state index in [1.165, 1.54) is 13.2 Å². The van der Waals surface area contributed by atoms with Crippen LogP contribution in [0.15, 0.2) is 12.1 Å². The monoisotopic (exact) mass is 217 g/mol. The van der Waals surface area contributed by atoms with E-state index in [1.807, 2.05) is 0 Å². The highest BCUT2D eigenvalue weighted by Gasteiger charge is 2.21. The minimum Gasteiger partial charge on any atom is -0.494 e. The first-order valence-electron chi connectivity index (χ1n) is 4.34. The maximum atomic E-state index is 13.2. The van der Waals surface area contributed by atoms with E-state index in [9.17, 15) is 4.39 Å². The lowest BCUT2D eigenvalue weighted by atomic mass is 10.1. The summed E-state index contributed by atoms with van der Waals surface area (Å²) in [5.41, 5.74) is 7.89. The number of hydrogen-bond acceptors (Lipinski definition) is 2. The summed E-state index contributed by atoms with van der Waals surface area (Å²) in [6.07, 6.45) is 1.78. The fraction of sp³-hybridized carbons (Fsp3) is 0.400. The summed E-state index contributed by atoms with van der Waals surface area (Å²) in [6, 6.07) is 3.29. The van der Waals surface area contributed by atoms with Crippen LogP contribution >= 0.6 is 12.4 Å². The van der Waals surface area contributed by atoms with Crippen LogP contribution in [0.5, 0.6) is 5.75 Å². The quantitative estimate of drug-likeness (QED) is 0.783. The Bertz CT molecular complexity index is 343. The molecule has 0 amide bonds. The van der Waals surface area contributed by atoms with Crippen molar-refractivity contribution < 1.29 is 9.13 Å². The summed E-state index contributed by atoms with van der Waals surface area (Å²) in [4.78, 5) is 0. The Morgan fingerprint density at radius 1 is 1.50 bits per heavy atom. The van der Waals surface area contributed by atoms with E-state index in [2.05, 4.69) is 0 Å². The zero-order valence-electron chi connectivity index (χ0n) is 7.92. The predicted molar refractivity (Wildman–Crippen MR) is 55.4 cm³/mol. The first-order chi connectivity index (χ1) is 6.22. The van der Waals surface area contributed by atoms with Gasteiger partial charge in [0.1, 0.15) is 0 Å². The molecule has 2 nitrogen and oxygen atoms in total. The average molecular weight is 218 g/mol. The Morgan fingerprint density at radius 2 is 2.21 bits per heavy atom. The number of methoxy groups -OCH3 is 1. The van der Waals surface area contributed by atoms with Gasteiger partial charge in [-0.05, 0) is 36.1 Å². The molecule has 1 aliphatic rings. The number of halogens is 2. The van der Waals surface area contributed by atoms with Gasteiger partial charge in [-0.2, -0.15) is 0 Å². The summed E-state index contributed by atoms with van der Waals surface area (Å²) in [6.45, 7) is 0. The van der Waals surface area contributed by atoms with Crippen LogP contribution in [0.3, 0.4) is 0 Å². The highest BCUT2D eigenvalue weighted by Crippen LogP contribution is 2.33. The zero-order chi connectivity index (χ0) is 9.42. The third-order valence-electron chi connectivity index (χ3n) is 2.54. The highest BCUT2D eigenvalue weighted by atomic mass is 35.5. The van der Waals surface area contributed by atoms with Crippen LogP contribution in [-0.2, 0) is 6.42 Å². The second-order valence-corrected chi connectivity index (χ2v) is 3.33. The van der Waals surface area contributed by atoms with Crippen molar-refractivity contribution >= 4 is 12.4 Å². The summed E-state index contributed by atoms with van der Waals surface area (Å²) in [5.74, 6) is -0.00792. The molecule has 1 unspecified atom stereocenters. The standard InChI is InChI=1S/C10H12FNO.ClH/c1-13-10-5-7-6(4-8(10)11)2-3-9(7)12;/h4-5,9H,2-3,12H2,1H3;1H. The minimum atomic E-state index is -0.296. The zero-order valence-corrected chi connectivity index (χ0v) is 8.73. The number of benzene rings is 1. The van der Waals surface area contributed by atoms with Crippen LogP contribution < -0.4 is 10.5 Å². The predicted octanol–water partition coefficient (Wildman–Crippen LogP) is 2.20. The van der Waals surface area contributed by atoms with Crippen molar-refractivity contribution in [2.24, 2.45) is 5.73 Å². The summed E-state index contributed by atoms with van der Waals surface area (Å²) >= 11 is 0. The molecular weight excluding hydrogens is 205 g/mol. The molecule has 4 heteroatoms. The van der Waals surface area contributed by atoms with Gasteiger partial charge in [0.05, 0.1) is 7.11 Å². The first kappa shape index (κ1) is 11.3. The molecule has 2 rings (SSSR count). The fourth-order valence-electron chi connectivity index (χ4n) is 1.79. The Kier molecular flexibility index (Phi) is 3.34. The van der Waals surface area contributed by atoms with E-state index in [1.54, 1.807) is 6.07 Å². The molecule has 1 aromatic rings. The molecule has 0 saturated heterocycles. The number of aryl methyl sites for hydroxylation is 1. The van der Waals surface area contributed by atoms with Crippen molar-refractivity contribution in [3.63, 3.8) is 0 Å². The Hall–Kier alpha value is -0.800. The Balaban J connectivity index is 0.000000980. The molecule has 0 aromatic heterocycles. The molecule has 1 atom stereocenters. The van der Waals surface area contributed by atoms with Crippen LogP contribution in [0.4, 0.5) is 4.39 Å². The van der Waals surface area contributed by atoms with Gasteiger partial charge in [0.2, 0.25) is 0 Å². The van der Waals surface area contributed by atoms with Gasteiger partial charge in [0, 0.05) is 6.04 Å². The van der Waals surface area contributed by atoms with Crippen LogP contribution in [0.25, 0.3) is 0 Å². The lowest BCUT2D eigenvalue weighted by Gasteiger charge is -2.08. The maximum absolute atomic E-state index is 13.2. The molecule has 0 heterocycles. The average Bonchev–Trinajstić information content (AvgIpc) is 2.46. The van der Waals surface area contributed by atoms with Gasteiger partial charge < -0.3 is 10.5 Å². The molecule has 0 radical (unpaired) electrons. The van der Waals surface area contributed by atoms with E-state index in [0.717, 1.165) is 24.0 Å². The normalized spacial score (nSPS) is 18.6. The second-order valence-electron chi connectivity index (χ2n) is 3.33. The van der Waals surface area contributed by atoms with E-state index < -0.39 is 0 Å². The second kappa shape index (κ2) is 4.15. The van der Waals surface area contributed by atoms with E-state index in [-0.39, 0.29) is 30.0 Å². The van der Waals surface area contributed by atoms with E-state index >= 15 is 0 Å². The summed E-state index contributed by atoms with van der Waals surface area (Å²) < 4.78 is 18.1. The minimum absolute atomic E-state index is 0. The van der Waals surface area contributed by atoms with Crippen molar-refractivity contribution in [2.45, 2.75) is 18.9 Å². The number of hydrogen-bond donors (Lipinski definition) is 1. The maximum Gasteiger partial charge on any atom is 0.165 e. The molecular formula is C10H13ClFNO. The van der Waals surface area contributed by atoms with Gasteiger partial charge in [-0.25, -0.2) is 4.39 Å². The molecule has 1 aromatic carbocycles. The third kappa shape index (κ3) is 1.70. The van der Waals surface area contributed by atoms with Crippen molar-refractivity contribution in [1.82, 2.24) is 0 Å². The van der Waals surface area contributed by atoms with Crippen LogP contribution in [0, 0.1) is 5.82 Å². The number of ether oxygens (including phenoxy) is 1. The fourth-order valence-corrected chi connectivity index (χ4v) is 1.79. The Labute approximate surface area is 88.7 Å². The Morgan fingerprint density at radius 3 is 2.86 bits per heavy atom. The van der Waals surface area contributed by atoms with Crippen molar-refractivity contribution in [1.29, 1.82) is 0 Å². The third-order valence-corrected chi connectivity index (χ3v) is 2.54. The number of nitrogens with two attached hydrogens (primary N) is 1. The molecule has 0 aliphatic heterocycles. The largest absolute Gasteiger partial charge is 0.494 e. The van der Waals surface area contributed by atoms with E-state index in [0.29, 0.717) is 0 Å². The van der Waals surface area contributed by atoms with Crippen molar-refractivity contribution in [3.8, 4) is 5.75 Å². The smallest absolute Gasteiger partial charge is 0.165 e. The molecule has 78 valence electrons. The van der Waals surface area contributed by atoms with Gasteiger partial charge in [-0.3, -0.25) is 0 Å². The number of fused-ring (bicyclic) bond motifs is 1. The van der Waals surface area contributed by atoms with Gasteiger partial charge in [0.25, 0.3) is 0 Å². The lowest BCUT2D eigenvalue weighted by molar-refractivity contribution is 0.385. The molecule has 14 heavy (non-hydrogen) atoms. The van der Waals surface area contributed by atoms with Crippen LogP contribution in [0.2, 0.25) is 0 Å². The number of rotatable bonds is 1. The lowest BCUT2D eigenvalue weighted by Crippen LogP contribution is -2.05. The van der Waals surface area contributed by atoms with Gasteiger partial charge in [-0.1, -0.05) is 0 Å². The van der Waals surface area contributed by atoms with Crippen LogP contribution in [0.1, 0.15) is 23.6 Å². The summed E-state index contributed by atoms with van der Waals surface area (Å²) in [7, 11) is 1.46. The highest BCUT2D eigenvalue weighted by molar-refractivity contribution is 5.85. The van der Waals surface area contributed by atoms with Gasteiger partial charge in [-0.15, -0.1) is 12.4 Å². The van der Waals surface area contributed by atoms with Crippen LogP contribution in [-0.4, -0.2) is 7.11 Å². The SMILES string of the molecule is COc1cc2c(cc1F)CCC2N.Cl. The molecule has 0 spiro atoms. The van der Waals surface area contributed by atoms with Crippen molar-refractivity contribution in [2.75, 3.05) is 7.11 Å². The van der Waals surface area contributed by atoms with Gasteiger partial charge in [0.15, 0.2) is 11.6 Å². The molecule has 0 bridgehead atoms. The van der Waals surface area contributed by atoms with E-state index in [4.69, 9.17) is 10.5 Å². The topological polar surface area (TPSA) is 35.2 Å². The van der Waals surface area contributed by atoms with Crippen molar-refractivity contribution in [3.05, 3.63) is 29.1 Å². The molecule has 0 saturated carbocycles. The molecule has 0 fully saturated rings.